The summed E-state index contributed by atoms with van der Waals surface area (Å²) in [7, 11) is -7.00. The van der Waals surface area contributed by atoms with Crippen LogP contribution in [0.4, 0.5) is 0 Å². The van der Waals surface area contributed by atoms with Crippen molar-refractivity contribution in [3.63, 3.8) is 0 Å². The van der Waals surface area contributed by atoms with Crippen LogP contribution in [0.3, 0.4) is 0 Å². The minimum atomic E-state index is -2.16. The van der Waals surface area contributed by atoms with Gasteiger partial charge in [-0.25, -0.2) is 0 Å². The number of aromatic amines is 1. The predicted octanol–water partition coefficient (Wildman–Crippen LogP) is 6.77. The van der Waals surface area contributed by atoms with Crippen LogP contribution in [-0.2, 0) is 38.5 Å². The molecule has 0 aliphatic carbocycles. The van der Waals surface area contributed by atoms with Crippen molar-refractivity contribution >= 4 is 56.4 Å². The van der Waals surface area contributed by atoms with Gasteiger partial charge >= 0.3 is 5.97 Å². The summed E-state index contributed by atoms with van der Waals surface area (Å²) in [6, 6.07) is 7.92. The van der Waals surface area contributed by atoms with Gasteiger partial charge in [0.05, 0.1) is 12.6 Å². The fourth-order valence-corrected chi connectivity index (χ4v) is 8.82. The first-order chi connectivity index (χ1) is 19.2. The Bertz CT molecular complexity index is 1160. The highest BCUT2D eigenvalue weighted by Crippen LogP contribution is 2.28. The predicted molar refractivity (Wildman–Crippen MR) is 181 cm³/mol. The molecule has 42 heavy (non-hydrogen) atoms. The molecule has 4 atom stereocenters. The van der Waals surface area contributed by atoms with Crippen molar-refractivity contribution in [2.24, 2.45) is 5.16 Å². The zero-order chi connectivity index (χ0) is 31.9. The maximum Gasteiger partial charge on any atom is 0.310 e. The van der Waals surface area contributed by atoms with Crippen LogP contribution in [0.2, 0.25) is 78.6 Å². The molecular weight excluding hydrogens is 601 g/mol. The molecule has 1 aromatic carbocycles. The third kappa shape index (κ3) is 13.4. The molecule has 1 heterocycles. The minimum absolute atomic E-state index is 0.0350. The second-order valence-corrected chi connectivity index (χ2v) is 32.4. The standard InChI is InChI=1S/C29H54N2O7Si4/c1-33-31-20-25(35-39(2,3)4)28(37-41(8,9)10)29(38-42(11,12)13)26(36-40(5,6)7)21-34-27(32)18-22-19-30-24-17-15-14-16-23(22)24/h14-17,19-20,25-26,28-30H,18,21H2,1-13H3/b31-20+. The van der Waals surface area contributed by atoms with Gasteiger partial charge < -0.3 is 32.3 Å². The number of nitrogens with zero attached hydrogens (tertiary/aromatic N) is 1. The molecule has 2 aromatic rings. The van der Waals surface area contributed by atoms with Crippen LogP contribution in [0.15, 0.2) is 35.6 Å². The maximum absolute atomic E-state index is 13.2. The van der Waals surface area contributed by atoms with E-state index in [4.69, 9.17) is 27.3 Å². The number of nitrogens with one attached hydrogen (secondary N) is 1. The molecule has 13 heteroatoms. The van der Waals surface area contributed by atoms with Crippen LogP contribution in [0.25, 0.3) is 10.9 Å². The number of para-hydroxylation sites is 1. The van der Waals surface area contributed by atoms with Crippen molar-refractivity contribution < 1.29 is 32.1 Å². The molecule has 0 spiro atoms. The number of benzene rings is 1. The van der Waals surface area contributed by atoms with Crippen LogP contribution in [0.5, 0.6) is 0 Å². The molecule has 238 valence electrons. The lowest BCUT2D eigenvalue weighted by atomic mass is 10.0. The van der Waals surface area contributed by atoms with Crippen LogP contribution in [0.1, 0.15) is 5.56 Å². The van der Waals surface area contributed by atoms with Crippen molar-refractivity contribution in [3.8, 4) is 0 Å². The van der Waals surface area contributed by atoms with Gasteiger partial charge in [0, 0.05) is 17.1 Å². The summed E-state index contributed by atoms with van der Waals surface area (Å²) in [5, 5.41) is 5.11. The summed E-state index contributed by atoms with van der Waals surface area (Å²) in [5.41, 5.74) is 1.88. The van der Waals surface area contributed by atoms with Crippen LogP contribution in [0, 0.1) is 0 Å². The fraction of sp³-hybridized carbons (Fsp3) is 0.655. The van der Waals surface area contributed by atoms with Gasteiger partial charge in [0.25, 0.3) is 0 Å². The first-order valence-corrected chi connectivity index (χ1v) is 28.3. The summed E-state index contributed by atoms with van der Waals surface area (Å²) in [4.78, 5) is 21.5. The van der Waals surface area contributed by atoms with Gasteiger partial charge in [-0.1, -0.05) is 23.4 Å². The summed E-state index contributed by atoms with van der Waals surface area (Å²) in [6.07, 6.45) is 1.45. The highest BCUT2D eigenvalue weighted by molar-refractivity contribution is 6.71. The number of aromatic nitrogens is 1. The number of oxime groups is 1. The second kappa shape index (κ2) is 14.9. The van der Waals surface area contributed by atoms with E-state index in [-0.39, 0.29) is 19.0 Å². The number of hydrogen-bond acceptors (Lipinski definition) is 8. The molecule has 1 N–H and O–H groups in total. The first-order valence-electron chi connectivity index (χ1n) is 14.7. The average molecular weight is 655 g/mol. The minimum Gasteiger partial charge on any atom is -0.463 e. The van der Waals surface area contributed by atoms with Gasteiger partial charge in [0.1, 0.15) is 38.1 Å². The van der Waals surface area contributed by atoms with E-state index in [9.17, 15) is 4.79 Å². The lowest BCUT2D eigenvalue weighted by Crippen LogP contribution is -2.59. The van der Waals surface area contributed by atoms with Crippen LogP contribution < -0.4 is 0 Å². The monoisotopic (exact) mass is 654 g/mol. The van der Waals surface area contributed by atoms with Gasteiger partial charge in [-0.05, 0) is 90.2 Å². The van der Waals surface area contributed by atoms with E-state index in [1.165, 1.54) is 7.11 Å². The van der Waals surface area contributed by atoms with Crippen LogP contribution >= 0.6 is 0 Å². The molecule has 4 unspecified atom stereocenters. The lowest BCUT2D eigenvalue weighted by Gasteiger charge is -2.44. The van der Waals surface area contributed by atoms with E-state index in [1.54, 1.807) is 6.21 Å². The molecule has 0 aliphatic heterocycles. The Morgan fingerprint density at radius 3 is 1.90 bits per heavy atom. The van der Waals surface area contributed by atoms with Crippen LogP contribution in [-0.4, -0.2) is 88.6 Å². The van der Waals surface area contributed by atoms with Crippen molar-refractivity contribution in [2.75, 3.05) is 13.7 Å². The highest BCUT2D eigenvalue weighted by Gasteiger charge is 2.44. The second-order valence-electron chi connectivity index (χ2n) is 14.5. The molecule has 9 nitrogen and oxygen atoms in total. The number of carbonyl (C=O) groups excluding carboxylic acids is 1. The van der Waals surface area contributed by atoms with Gasteiger partial charge in [-0.15, -0.1) is 0 Å². The molecule has 0 fully saturated rings. The van der Waals surface area contributed by atoms with E-state index in [1.807, 2.05) is 30.5 Å². The SMILES string of the molecule is CO/N=C/C(O[Si](C)(C)C)C(O[Si](C)(C)C)C(O[Si](C)(C)C)C(COC(=O)Cc1c[nH]c2ccccc12)O[Si](C)(C)C. The number of hydrogen-bond donors (Lipinski definition) is 1. The van der Waals surface area contributed by atoms with E-state index >= 15 is 0 Å². The molecule has 0 amide bonds. The molecule has 0 radical (unpaired) electrons. The van der Waals surface area contributed by atoms with E-state index in [0.29, 0.717) is 0 Å². The van der Waals surface area contributed by atoms with Gasteiger partial charge in [-0.2, -0.15) is 0 Å². The summed E-state index contributed by atoms with van der Waals surface area (Å²) >= 11 is 0. The lowest BCUT2D eigenvalue weighted by molar-refractivity contribution is -0.149. The van der Waals surface area contributed by atoms with Crippen molar-refractivity contribution in [1.82, 2.24) is 4.98 Å². The molecule has 0 bridgehead atoms. The van der Waals surface area contributed by atoms with E-state index in [2.05, 4.69) is 88.7 Å². The van der Waals surface area contributed by atoms with E-state index in [0.717, 1.165) is 16.5 Å². The number of rotatable bonds is 17. The van der Waals surface area contributed by atoms with Gasteiger partial charge in [-0.3, -0.25) is 4.79 Å². The Hall–Kier alpha value is -1.59. The Morgan fingerprint density at radius 2 is 1.36 bits per heavy atom. The topological polar surface area (TPSA) is 101 Å². The largest absolute Gasteiger partial charge is 0.463 e. The summed E-state index contributed by atoms with van der Waals surface area (Å²) in [6.45, 7) is 25.6. The van der Waals surface area contributed by atoms with E-state index < -0.39 is 57.7 Å². The number of H-pyrrole nitrogens is 1. The van der Waals surface area contributed by atoms with Crippen molar-refractivity contribution in [3.05, 3.63) is 36.0 Å². The molecular formula is C29H54N2O7Si4. The normalized spacial score (nSPS) is 16.4. The molecule has 2 rings (SSSR count). The smallest absolute Gasteiger partial charge is 0.310 e. The molecule has 0 saturated carbocycles. The third-order valence-corrected chi connectivity index (χ3v) is 9.67. The number of ether oxygens (including phenoxy) is 1. The number of carbonyl (C=O) groups is 1. The molecule has 0 aliphatic rings. The molecule has 0 saturated heterocycles. The molecule has 1 aromatic heterocycles. The maximum atomic E-state index is 13.2. The Morgan fingerprint density at radius 1 is 0.810 bits per heavy atom. The van der Waals surface area contributed by atoms with Gasteiger partial charge in [0.15, 0.2) is 33.3 Å². The summed E-state index contributed by atoms with van der Waals surface area (Å²) < 4.78 is 33.1. The first kappa shape index (κ1) is 36.6. The Kier molecular flexibility index (Phi) is 13.0. The quantitative estimate of drug-likeness (QED) is 0.0870. The fourth-order valence-electron chi connectivity index (χ4n) is 4.51. The zero-order valence-corrected chi connectivity index (χ0v) is 32.0. The van der Waals surface area contributed by atoms with Crippen molar-refractivity contribution in [2.45, 2.75) is 109 Å². The highest BCUT2D eigenvalue weighted by atomic mass is 28.4. The zero-order valence-electron chi connectivity index (χ0n) is 28.0. The van der Waals surface area contributed by atoms with Crippen molar-refractivity contribution in [1.29, 1.82) is 0 Å². The van der Waals surface area contributed by atoms with Gasteiger partial charge in [0.2, 0.25) is 0 Å². The number of fused-ring (bicyclic) bond motifs is 1. The third-order valence-electron chi connectivity index (χ3n) is 5.72. The Balaban J connectivity index is 2.49. The summed E-state index contributed by atoms with van der Waals surface area (Å²) in [5.74, 6) is -0.325. The Labute approximate surface area is 257 Å². The number of esters is 1. The average Bonchev–Trinajstić information content (AvgIpc) is 3.22.